The number of nitrogens with one attached hydrogen (secondary N) is 1. The van der Waals surface area contributed by atoms with E-state index in [4.69, 9.17) is 0 Å². The Labute approximate surface area is 87.0 Å². The molecule has 0 radical (unpaired) electrons. The Bertz CT molecular complexity index is 146. The van der Waals surface area contributed by atoms with Crippen LogP contribution >= 0.6 is 22.6 Å². The predicted molar refractivity (Wildman–Crippen MR) is 57.3 cm³/mol. The Hall–Kier alpha value is 0.160. The average molecular weight is 282 g/mol. The van der Waals surface area contributed by atoms with Crippen LogP contribution < -0.4 is 5.32 Å². The van der Waals surface area contributed by atoms with Crippen LogP contribution in [0.2, 0.25) is 0 Å². The molecule has 3 nitrogen and oxygen atoms in total. The number of carbonyl (C=O) groups excluding carboxylic acids is 1. The van der Waals surface area contributed by atoms with Crippen molar-refractivity contribution in [3.05, 3.63) is 0 Å². The van der Waals surface area contributed by atoms with Crippen LogP contribution in [-0.2, 0) is 4.79 Å². The SMILES string of the molecule is O=C(CI)NCN1CCCCC1. The molecule has 1 saturated heterocycles. The Morgan fingerprint density at radius 2 is 2.00 bits per heavy atom. The van der Waals surface area contributed by atoms with E-state index in [0.717, 1.165) is 19.8 Å². The molecule has 1 aliphatic heterocycles. The number of piperidine rings is 1. The van der Waals surface area contributed by atoms with E-state index >= 15 is 0 Å². The minimum atomic E-state index is 0.140. The van der Waals surface area contributed by atoms with Crippen molar-refractivity contribution in [1.82, 2.24) is 10.2 Å². The molecule has 1 fully saturated rings. The zero-order valence-corrected chi connectivity index (χ0v) is 9.34. The highest BCUT2D eigenvalue weighted by Gasteiger charge is 2.09. The van der Waals surface area contributed by atoms with E-state index in [1.165, 1.54) is 19.3 Å². The van der Waals surface area contributed by atoms with E-state index in [0.29, 0.717) is 4.43 Å². The zero-order chi connectivity index (χ0) is 8.81. The normalized spacial score (nSPS) is 19.1. The summed E-state index contributed by atoms with van der Waals surface area (Å²) in [7, 11) is 0. The summed E-state index contributed by atoms with van der Waals surface area (Å²) < 4.78 is 0.561. The summed E-state index contributed by atoms with van der Waals surface area (Å²) in [5.41, 5.74) is 0. The molecule has 0 aromatic rings. The number of nitrogens with zero attached hydrogens (tertiary/aromatic N) is 1. The molecule has 1 amide bonds. The topological polar surface area (TPSA) is 32.3 Å². The van der Waals surface area contributed by atoms with Crippen molar-refractivity contribution in [2.75, 3.05) is 24.2 Å². The lowest BCUT2D eigenvalue weighted by Crippen LogP contribution is -2.40. The molecular formula is C8H15IN2O. The first kappa shape index (κ1) is 10.2. The van der Waals surface area contributed by atoms with Crippen LogP contribution in [0, 0.1) is 0 Å². The Morgan fingerprint density at radius 1 is 1.33 bits per heavy atom. The smallest absolute Gasteiger partial charge is 0.230 e. The number of carbonyl (C=O) groups is 1. The molecule has 1 N–H and O–H groups in total. The van der Waals surface area contributed by atoms with Gasteiger partial charge in [0.2, 0.25) is 5.91 Å². The fourth-order valence-corrected chi connectivity index (χ4v) is 1.63. The first-order chi connectivity index (χ1) is 5.83. The van der Waals surface area contributed by atoms with Crippen LogP contribution in [0.3, 0.4) is 0 Å². The summed E-state index contributed by atoms with van der Waals surface area (Å²) in [6, 6.07) is 0. The molecule has 0 aromatic heterocycles. The standard InChI is InChI=1S/C8H15IN2O/c9-6-8(12)10-7-11-4-2-1-3-5-11/h1-7H2,(H,10,12). The molecule has 1 aliphatic rings. The van der Waals surface area contributed by atoms with Gasteiger partial charge in [0.25, 0.3) is 0 Å². The highest BCUT2D eigenvalue weighted by Crippen LogP contribution is 2.06. The van der Waals surface area contributed by atoms with Crippen LogP contribution in [0.5, 0.6) is 0 Å². The number of hydrogen-bond donors (Lipinski definition) is 1. The van der Waals surface area contributed by atoms with Gasteiger partial charge in [-0.15, -0.1) is 0 Å². The number of likely N-dealkylation sites (tertiary alicyclic amines) is 1. The molecule has 0 unspecified atom stereocenters. The van der Waals surface area contributed by atoms with Gasteiger partial charge in [-0.2, -0.15) is 0 Å². The van der Waals surface area contributed by atoms with Crippen molar-refractivity contribution in [1.29, 1.82) is 0 Å². The molecule has 0 bridgehead atoms. The molecule has 12 heavy (non-hydrogen) atoms. The van der Waals surface area contributed by atoms with Gasteiger partial charge >= 0.3 is 0 Å². The van der Waals surface area contributed by atoms with Gasteiger partial charge in [-0.25, -0.2) is 0 Å². The highest BCUT2D eigenvalue weighted by atomic mass is 127. The summed E-state index contributed by atoms with van der Waals surface area (Å²) in [5, 5.41) is 2.88. The summed E-state index contributed by atoms with van der Waals surface area (Å²) in [6.45, 7) is 3.02. The molecule has 4 heteroatoms. The summed E-state index contributed by atoms with van der Waals surface area (Å²) in [5.74, 6) is 0.140. The van der Waals surface area contributed by atoms with Gasteiger partial charge in [-0.3, -0.25) is 9.69 Å². The maximum absolute atomic E-state index is 10.9. The summed E-state index contributed by atoms with van der Waals surface area (Å²) in [4.78, 5) is 13.2. The van der Waals surface area contributed by atoms with Gasteiger partial charge in [-0.05, 0) is 25.9 Å². The fraction of sp³-hybridized carbons (Fsp3) is 0.875. The number of halogens is 1. The van der Waals surface area contributed by atoms with Crippen molar-refractivity contribution < 1.29 is 4.79 Å². The maximum Gasteiger partial charge on any atom is 0.230 e. The molecule has 0 aromatic carbocycles. The minimum absolute atomic E-state index is 0.140. The van der Waals surface area contributed by atoms with E-state index in [1.807, 2.05) is 0 Å². The Kier molecular flexibility index (Phi) is 4.90. The first-order valence-corrected chi connectivity index (χ1v) is 5.90. The molecule has 1 rings (SSSR count). The quantitative estimate of drug-likeness (QED) is 0.618. The van der Waals surface area contributed by atoms with Gasteiger partial charge in [-0.1, -0.05) is 29.0 Å². The largest absolute Gasteiger partial charge is 0.343 e. The number of amides is 1. The van der Waals surface area contributed by atoms with Crippen LogP contribution in [0.1, 0.15) is 19.3 Å². The van der Waals surface area contributed by atoms with E-state index < -0.39 is 0 Å². The van der Waals surface area contributed by atoms with Crippen molar-refractivity contribution in [3.63, 3.8) is 0 Å². The van der Waals surface area contributed by atoms with E-state index in [-0.39, 0.29) is 5.91 Å². The third-order valence-electron chi connectivity index (χ3n) is 2.07. The third-order valence-corrected chi connectivity index (χ3v) is 2.76. The lowest BCUT2D eigenvalue weighted by molar-refractivity contribution is -0.119. The predicted octanol–water partition coefficient (Wildman–Crippen LogP) is 0.981. The number of rotatable bonds is 3. The van der Waals surface area contributed by atoms with Crippen molar-refractivity contribution in [2.24, 2.45) is 0 Å². The molecule has 0 saturated carbocycles. The third kappa shape index (κ3) is 3.71. The van der Waals surface area contributed by atoms with Gasteiger partial charge in [0.05, 0.1) is 11.1 Å². The van der Waals surface area contributed by atoms with Crippen LogP contribution in [0.15, 0.2) is 0 Å². The average Bonchev–Trinajstić information content (AvgIpc) is 2.16. The second kappa shape index (κ2) is 5.75. The second-order valence-electron chi connectivity index (χ2n) is 3.07. The summed E-state index contributed by atoms with van der Waals surface area (Å²) in [6.07, 6.45) is 3.90. The molecule has 70 valence electrons. The monoisotopic (exact) mass is 282 g/mol. The second-order valence-corrected chi connectivity index (χ2v) is 3.83. The molecule has 0 atom stereocenters. The van der Waals surface area contributed by atoms with Gasteiger partial charge in [0.1, 0.15) is 0 Å². The fourth-order valence-electron chi connectivity index (χ4n) is 1.36. The van der Waals surface area contributed by atoms with Gasteiger partial charge in [0.15, 0.2) is 0 Å². The lowest BCUT2D eigenvalue weighted by atomic mass is 10.1. The molecule has 0 aliphatic carbocycles. The van der Waals surface area contributed by atoms with Crippen LogP contribution in [-0.4, -0.2) is 35.0 Å². The number of hydrogen-bond acceptors (Lipinski definition) is 2. The minimum Gasteiger partial charge on any atom is -0.343 e. The van der Waals surface area contributed by atoms with Gasteiger partial charge < -0.3 is 5.32 Å². The summed E-state index contributed by atoms with van der Waals surface area (Å²) >= 11 is 2.08. The van der Waals surface area contributed by atoms with E-state index in [9.17, 15) is 4.79 Å². The van der Waals surface area contributed by atoms with Crippen LogP contribution in [0.4, 0.5) is 0 Å². The van der Waals surface area contributed by atoms with E-state index in [1.54, 1.807) is 0 Å². The molecule has 1 heterocycles. The van der Waals surface area contributed by atoms with E-state index in [2.05, 4.69) is 32.8 Å². The zero-order valence-electron chi connectivity index (χ0n) is 7.18. The maximum atomic E-state index is 10.9. The first-order valence-electron chi connectivity index (χ1n) is 4.38. The highest BCUT2D eigenvalue weighted by molar-refractivity contribution is 14.1. The Balaban J connectivity index is 2.09. The van der Waals surface area contributed by atoms with Crippen molar-refractivity contribution in [3.8, 4) is 0 Å². The Morgan fingerprint density at radius 3 is 2.58 bits per heavy atom. The lowest BCUT2D eigenvalue weighted by Gasteiger charge is -2.26. The van der Waals surface area contributed by atoms with Crippen LogP contribution in [0.25, 0.3) is 0 Å². The van der Waals surface area contributed by atoms with Crippen molar-refractivity contribution in [2.45, 2.75) is 19.3 Å². The van der Waals surface area contributed by atoms with Crippen molar-refractivity contribution >= 4 is 28.5 Å². The number of alkyl halides is 1. The molecular weight excluding hydrogens is 267 g/mol. The molecule has 0 spiro atoms. The van der Waals surface area contributed by atoms with Gasteiger partial charge in [0, 0.05) is 0 Å².